The third kappa shape index (κ3) is 15.2. The van der Waals surface area contributed by atoms with E-state index in [1.807, 2.05) is 138 Å². The Morgan fingerprint density at radius 2 is 0.900 bits per heavy atom. The molecule has 1 saturated heterocycles. The zero-order valence-electron chi connectivity index (χ0n) is 48.1. The zero-order chi connectivity index (χ0) is 62.3. The molecule has 90 heavy (non-hydrogen) atoms. The molecule has 0 bridgehead atoms. The first-order chi connectivity index (χ1) is 43.9. The monoisotopic (exact) mass is 1210 g/mol. The SMILES string of the molecule is NC(=O)[C@H](CO)Cc1nc(-c2ccc(Oc3ccc(F)cc3)cc2)c2ccccc2n1.O=C1CN(c2nc(-c3ccc(Oc4ccc(F)cc4)cc3)c3ccccc3n2)CCN1.OCCNc1nc(-c2ccc(Oc3ccc(F)cc3)cc2)c2ccccc2n1. The predicted molar refractivity (Wildman–Crippen MR) is 339 cm³/mol. The summed E-state index contributed by atoms with van der Waals surface area (Å²) in [7, 11) is 0. The summed E-state index contributed by atoms with van der Waals surface area (Å²) < 4.78 is 56.5. The number of nitrogens with zero attached hydrogens (tertiary/aromatic N) is 7. The van der Waals surface area contributed by atoms with Crippen LogP contribution in [0.15, 0.2) is 218 Å². The van der Waals surface area contributed by atoms with Gasteiger partial charge in [-0.3, -0.25) is 9.59 Å². The van der Waals surface area contributed by atoms with Crippen molar-refractivity contribution in [3.05, 3.63) is 242 Å². The molecule has 450 valence electrons. The fraction of sp³-hybridized carbons (Fsp3) is 0.114. The van der Waals surface area contributed by atoms with Gasteiger partial charge in [0.2, 0.25) is 23.7 Å². The Bertz CT molecular complexity index is 4440. The topological polar surface area (TPSA) is 233 Å². The average Bonchev–Trinajstić information content (AvgIpc) is 0.906. The molecule has 12 aromatic rings. The lowest BCUT2D eigenvalue weighted by Gasteiger charge is -2.27. The Morgan fingerprint density at radius 3 is 1.31 bits per heavy atom. The fourth-order valence-corrected chi connectivity index (χ4v) is 9.65. The van der Waals surface area contributed by atoms with Crippen LogP contribution in [0.25, 0.3) is 66.5 Å². The fourth-order valence-electron chi connectivity index (χ4n) is 9.65. The van der Waals surface area contributed by atoms with E-state index in [2.05, 4.69) is 35.6 Å². The van der Waals surface area contributed by atoms with E-state index in [1.165, 1.54) is 36.4 Å². The first kappa shape index (κ1) is 60.3. The number of fused-ring (bicyclic) bond motifs is 3. The summed E-state index contributed by atoms with van der Waals surface area (Å²) in [4.78, 5) is 53.0. The van der Waals surface area contributed by atoms with Crippen LogP contribution in [-0.2, 0) is 16.0 Å². The van der Waals surface area contributed by atoms with Gasteiger partial charge in [-0.2, -0.15) is 0 Å². The molecule has 3 aromatic heterocycles. The molecule has 13 rings (SSSR count). The molecule has 17 nitrogen and oxygen atoms in total. The minimum absolute atomic E-state index is 0.000934. The Morgan fingerprint density at radius 1 is 0.511 bits per heavy atom. The number of carbonyl (C=O) groups excluding carboxylic acids is 2. The second-order valence-corrected chi connectivity index (χ2v) is 20.5. The van der Waals surface area contributed by atoms with Crippen molar-refractivity contribution in [3.63, 3.8) is 0 Å². The van der Waals surface area contributed by atoms with Gasteiger partial charge < -0.3 is 45.7 Å². The third-order valence-electron chi connectivity index (χ3n) is 14.1. The van der Waals surface area contributed by atoms with E-state index in [0.717, 1.165) is 60.8 Å². The summed E-state index contributed by atoms with van der Waals surface area (Å²) >= 11 is 0. The Labute approximate surface area is 514 Å². The molecule has 0 spiro atoms. The van der Waals surface area contributed by atoms with Crippen molar-refractivity contribution in [2.24, 2.45) is 11.7 Å². The van der Waals surface area contributed by atoms with Gasteiger partial charge in [0.1, 0.15) is 57.8 Å². The van der Waals surface area contributed by atoms with Gasteiger partial charge in [-0.1, -0.05) is 54.6 Å². The van der Waals surface area contributed by atoms with Crippen molar-refractivity contribution in [1.82, 2.24) is 35.2 Å². The number of nitrogens with one attached hydrogen (secondary N) is 2. The number of para-hydroxylation sites is 3. The van der Waals surface area contributed by atoms with Crippen molar-refractivity contribution in [1.29, 1.82) is 0 Å². The molecule has 1 atom stereocenters. The first-order valence-electron chi connectivity index (χ1n) is 28.6. The van der Waals surface area contributed by atoms with Gasteiger partial charge in [-0.15, -0.1) is 0 Å². The molecule has 0 saturated carbocycles. The van der Waals surface area contributed by atoms with E-state index in [9.17, 15) is 27.9 Å². The van der Waals surface area contributed by atoms with Crippen LogP contribution in [0.4, 0.5) is 25.1 Å². The number of rotatable bonds is 17. The highest BCUT2D eigenvalue weighted by Gasteiger charge is 2.22. The highest BCUT2D eigenvalue weighted by molar-refractivity contribution is 5.95. The van der Waals surface area contributed by atoms with Crippen LogP contribution < -0.4 is 35.5 Å². The first-order valence-corrected chi connectivity index (χ1v) is 28.6. The highest BCUT2D eigenvalue weighted by Crippen LogP contribution is 2.34. The molecular weight excluding hydrogens is 1150 g/mol. The van der Waals surface area contributed by atoms with Gasteiger partial charge in [0, 0.05) is 58.9 Å². The van der Waals surface area contributed by atoms with Crippen molar-refractivity contribution in [2.75, 3.05) is 49.6 Å². The number of ether oxygens (including phenoxy) is 3. The lowest BCUT2D eigenvalue weighted by molar-refractivity contribution is -0.123. The molecule has 1 aliphatic rings. The number of aromatic nitrogens is 6. The average molecular weight is 1210 g/mol. The van der Waals surface area contributed by atoms with Crippen LogP contribution in [-0.4, -0.2) is 91.3 Å². The standard InChI is InChI=1S/C24H19FN4O2.C24H20FN3O3.C22H18FN3O2/c25-17-7-11-19(12-8-17)31-18-9-5-16(6-10-18)23-20-3-1-2-4-21(20)27-24(28-23)29-14-13-26-22(30)15-29;25-17-7-11-19(12-8-17)31-18-9-5-15(6-10-18)23-20-3-1-2-4-21(20)27-22(28-23)13-16(14-29)24(26)30;23-16-7-11-18(12-8-16)28-17-9-5-15(6-10-17)21-19-3-1-2-4-20(19)25-22(26-21)24-13-14-27/h1-12H,13-15H2,(H,26,30);1-12,16,29H,13-14H2,(H2,26,30);1-12,27H,13-14H2,(H,24,25,26)/t;16-;/m.0./s1. The number of benzene rings is 9. The number of amides is 2. The van der Waals surface area contributed by atoms with Gasteiger partial charge >= 0.3 is 0 Å². The van der Waals surface area contributed by atoms with Gasteiger partial charge in [0.15, 0.2) is 0 Å². The number of carbonyl (C=O) groups is 2. The van der Waals surface area contributed by atoms with E-state index in [4.69, 9.17) is 30.0 Å². The van der Waals surface area contributed by atoms with E-state index in [-0.39, 0.29) is 49.5 Å². The smallest absolute Gasteiger partial charge is 0.239 e. The van der Waals surface area contributed by atoms with E-state index in [1.54, 1.807) is 48.5 Å². The normalized spacial score (nSPS) is 12.2. The number of hydrogen-bond donors (Lipinski definition) is 5. The molecule has 1 fully saturated rings. The number of piperazine rings is 1. The van der Waals surface area contributed by atoms with E-state index < -0.39 is 11.8 Å². The van der Waals surface area contributed by atoms with Crippen LogP contribution in [0.3, 0.4) is 0 Å². The van der Waals surface area contributed by atoms with Crippen LogP contribution in [0, 0.1) is 23.4 Å². The largest absolute Gasteiger partial charge is 0.457 e. The number of primary amides is 1. The Hall–Kier alpha value is -11.4. The molecule has 1 aliphatic heterocycles. The van der Waals surface area contributed by atoms with Crippen LogP contribution in [0.2, 0.25) is 0 Å². The minimum atomic E-state index is -0.750. The molecule has 2 amide bonds. The Kier molecular flexibility index (Phi) is 19.1. The van der Waals surface area contributed by atoms with Gasteiger partial charge in [-0.25, -0.2) is 43.1 Å². The number of hydrogen-bond acceptors (Lipinski definition) is 15. The number of halogens is 3. The molecule has 0 aliphatic carbocycles. The van der Waals surface area contributed by atoms with Gasteiger partial charge in [-0.05, 0) is 164 Å². The summed E-state index contributed by atoms with van der Waals surface area (Å²) in [5.41, 5.74) is 12.7. The second-order valence-electron chi connectivity index (χ2n) is 20.5. The van der Waals surface area contributed by atoms with Crippen LogP contribution in [0.5, 0.6) is 34.5 Å². The summed E-state index contributed by atoms with van der Waals surface area (Å²) in [5, 5.41) is 27.0. The molecule has 0 unspecified atom stereocenters. The lowest BCUT2D eigenvalue weighted by atomic mass is 10.0. The lowest BCUT2D eigenvalue weighted by Crippen LogP contribution is -2.48. The molecule has 4 heterocycles. The molecule has 20 heteroatoms. The number of aliphatic hydroxyl groups excluding tert-OH is 2. The number of nitrogens with two attached hydrogens (primary N) is 1. The summed E-state index contributed by atoms with van der Waals surface area (Å²) in [5.74, 6) is 2.67. The van der Waals surface area contributed by atoms with Crippen molar-refractivity contribution >= 4 is 56.4 Å². The quantitative estimate of drug-likeness (QED) is 0.0570. The van der Waals surface area contributed by atoms with Crippen molar-refractivity contribution in [2.45, 2.75) is 6.42 Å². The minimum Gasteiger partial charge on any atom is -0.457 e. The van der Waals surface area contributed by atoms with Gasteiger partial charge in [0.05, 0.1) is 59.3 Å². The molecule has 0 radical (unpaired) electrons. The molecular formula is C70H57F3N10O7. The maximum atomic E-state index is 13.1. The highest BCUT2D eigenvalue weighted by atomic mass is 19.1. The molecule has 6 N–H and O–H groups in total. The van der Waals surface area contributed by atoms with Crippen LogP contribution >= 0.6 is 0 Å². The van der Waals surface area contributed by atoms with Gasteiger partial charge in [0.25, 0.3) is 0 Å². The maximum absolute atomic E-state index is 13.1. The zero-order valence-corrected chi connectivity index (χ0v) is 48.1. The van der Waals surface area contributed by atoms with E-state index >= 15 is 0 Å². The van der Waals surface area contributed by atoms with Crippen molar-refractivity contribution < 1.29 is 47.2 Å². The summed E-state index contributed by atoms with van der Waals surface area (Å²) in [6.07, 6.45) is 0.148. The predicted octanol–water partition coefficient (Wildman–Crippen LogP) is 12.7. The van der Waals surface area contributed by atoms with Crippen molar-refractivity contribution in [3.8, 4) is 68.3 Å². The maximum Gasteiger partial charge on any atom is 0.239 e. The Balaban J connectivity index is 0.000000139. The van der Waals surface area contributed by atoms with E-state index in [0.29, 0.717) is 77.5 Å². The van der Waals surface area contributed by atoms with Crippen LogP contribution in [0.1, 0.15) is 5.82 Å². The second kappa shape index (κ2) is 28.4. The summed E-state index contributed by atoms with van der Waals surface area (Å²) in [6, 6.07) is 63.2. The molecule has 9 aromatic carbocycles. The third-order valence-corrected chi connectivity index (χ3v) is 14.1. The summed E-state index contributed by atoms with van der Waals surface area (Å²) in [6.45, 7) is 1.48. The number of aliphatic hydroxyl groups is 2. The number of anilines is 2.